The van der Waals surface area contributed by atoms with Gasteiger partial charge in [-0.1, -0.05) is 19.1 Å². The number of ether oxygens (including phenoxy) is 1. The van der Waals surface area contributed by atoms with Gasteiger partial charge in [-0.3, -0.25) is 0 Å². The number of methoxy groups -OCH3 is 1. The standard InChI is InChI=1S/C28H33N5O3S/c1-5-19-15(2)10-18(11-16(19)3)30-28-29-13-20(27-32-21-8-6-7-9-23(21)37-27)26(33-28)31-22-12-17(14-34)24(35)25(22)36-4/h6-11,13,17,22,24-25,34-35H,5,12,14H2,1-4H3,(H2,29,30,31,33). The van der Waals surface area contributed by atoms with Crippen LogP contribution in [0.4, 0.5) is 17.5 Å². The predicted octanol–water partition coefficient (Wildman–Crippen LogP) is 4.84. The summed E-state index contributed by atoms with van der Waals surface area (Å²) >= 11 is 1.58. The van der Waals surface area contributed by atoms with Crippen molar-refractivity contribution < 1.29 is 14.9 Å². The molecule has 37 heavy (non-hydrogen) atoms. The molecule has 1 saturated carbocycles. The Morgan fingerprint density at radius 1 is 1.14 bits per heavy atom. The Hall–Kier alpha value is -3.11. The maximum Gasteiger partial charge on any atom is 0.229 e. The van der Waals surface area contributed by atoms with Gasteiger partial charge in [0.1, 0.15) is 16.9 Å². The number of aryl methyl sites for hydroxylation is 2. The molecular weight excluding hydrogens is 486 g/mol. The van der Waals surface area contributed by atoms with Crippen molar-refractivity contribution in [2.45, 2.75) is 51.9 Å². The Morgan fingerprint density at radius 2 is 1.89 bits per heavy atom. The Balaban J connectivity index is 1.53. The van der Waals surface area contributed by atoms with Crippen LogP contribution in [0, 0.1) is 19.8 Å². The van der Waals surface area contributed by atoms with Crippen LogP contribution in [-0.2, 0) is 11.2 Å². The summed E-state index contributed by atoms with van der Waals surface area (Å²) in [4.78, 5) is 14.3. The smallest absolute Gasteiger partial charge is 0.229 e. The van der Waals surface area contributed by atoms with Crippen LogP contribution in [-0.4, -0.2) is 57.1 Å². The molecule has 2 aromatic carbocycles. The van der Waals surface area contributed by atoms with Crippen LogP contribution in [0.5, 0.6) is 0 Å². The summed E-state index contributed by atoms with van der Waals surface area (Å²) in [5, 5.41) is 28.1. The highest BCUT2D eigenvalue weighted by atomic mass is 32.1. The number of anilines is 3. The average molecular weight is 520 g/mol. The minimum absolute atomic E-state index is 0.104. The number of thiazole rings is 1. The summed E-state index contributed by atoms with van der Waals surface area (Å²) in [6.07, 6.45) is 2.09. The lowest BCUT2D eigenvalue weighted by atomic mass is 10.00. The number of benzene rings is 2. The van der Waals surface area contributed by atoms with E-state index in [2.05, 4.69) is 48.5 Å². The Labute approximate surface area is 220 Å². The SMILES string of the molecule is CCc1c(C)cc(Nc2ncc(-c3nc4ccccc4s3)c(NC3CC(CO)C(O)C3OC)n2)cc1C. The van der Waals surface area contributed by atoms with Crippen LogP contribution >= 0.6 is 11.3 Å². The fourth-order valence-electron chi connectivity index (χ4n) is 5.36. The molecule has 2 aromatic heterocycles. The van der Waals surface area contributed by atoms with E-state index in [9.17, 15) is 10.2 Å². The van der Waals surface area contributed by atoms with Gasteiger partial charge in [-0.15, -0.1) is 11.3 Å². The third kappa shape index (κ3) is 5.04. The minimum Gasteiger partial charge on any atom is -0.396 e. The summed E-state index contributed by atoms with van der Waals surface area (Å²) in [7, 11) is 1.58. The molecule has 0 spiro atoms. The van der Waals surface area contributed by atoms with Crippen molar-refractivity contribution in [1.82, 2.24) is 15.0 Å². The molecule has 4 aromatic rings. The largest absolute Gasteiger partial charge is 0.396 e. The van der Waals surface area contributed by atoms with Crippen molar-refractivity contribution in [3.63, 3.8) is 0 Å². The van der Waals surface area contributed by atoms with Gasteiger partial charge < -0.3 is 25.6 Å². The zero-order valence-corrected chi connectivity index (χ0v) is 22.3. The van der Waals surface area contributed by atoms with Crippen molar-refractivity contribution >= 4 is 39.0 Å². The number of para-hydroxylation sites is 1. The first-order valence-electron chi connectivity index (χ1n) is 12.6. The van der Waals surface area contributed by atoms with Gasteiger partial charge in [-0.05, 0) is 67.6 Å². The number of hydrogen-bond acceptors (Lipinski definition) is 9. The van der Waals surface area contributed by atoms with E-state index >= 15 is 0 Å². The lowest BCUT2D eigenvalue weighted by Gasteiger charge is -2.23. The van der Waals surface area contributed by atoms with Gasteiger partial charge in [0.15, 0.2) is 0 Å². The second kappa shape index (κ2) is 10.7. The number of nitrogens with zero attached hydrogens (tertiary/aromatic N) is 3. The highest BCUT2D eigenvalue weighted by Crippen LogP contribution is 2.37. The van der Waals surface area contributed by atoms with Gasteiger partial charge in [-0.2, -0.15) is 4.98 Å². The highest BCUT2D eigenvalue weighted by Gasteiger charge is 2.43. The molecule has 4 atom stereocenters. The molecule has 1 aliphatic carbocycles. The van der Waals surface area contributed by atoms with Crippen molar-refractivity contribution in [3.8, 4) is 10.6 Å². The van der Waals surface area contributed by atoms with Crippen molar-refractivity contribution in [2.75, 3.05) is 24.4 Å². The van der Waals surface area contributed by atoms with Gasteiger partial charge in [0.2, 0.25) is 5.95 Å². The summed E-state index contributed by atoms with van der Waals surface area (Å²) in [6, 6.07) is 12.0. The molecule has 0 radical (unpaired) electrons. The lowest BCUT2D eigenvalue weighted by Crippen LogP contribution is -2.37. The first kappa shape index (κ1) is 25.5. The van der Waals surface area contributed by atoms with Gasteiger partial charge >= 0.3 is 0 Å². The molecule has 2 heterocycles. The molecule has 9 heteroatoms. The number of aromatic nitrogens is 3. The Bertz CT molecular complexity index is 1350. The molecule has 0 saturated heterocycles. The fraction of sp³-hybridized carbons (Fsp3) is 0.393. The Morgan fingerprint density at radius 3 is 2.57 bits per heavy atom. The maximum atomic E-state index is 10.6. The maximum absolute atomic E-state index is 10.6. The number of nitrogens with one attached hydrogen (secondary N) is 2. The monoisotopic (exact) mass is 519 g/mol. The van der Waals surface area contributed by atoms with E-state index in [0.717, 1.165) is 32.9 Å². The molecule has 0 amide bonds. The third-order valence-electron chi connectivity index (χ3n) is 7.22. The van der Waals surface area contributed by atoms with Crippen molar-refractivity contribution in [2.24, 2.45) is 5.92 Å². The van der Waals surface area contributed by atoms with E-state index in [-0.39, 0.29) is 18.6 Å². The summed E-state index contributed by atoms with van der Waals surface area (Å²) in [6.45, 7) is 6.30. The van der Waals surface area contributed by atoms with Crippen LogP contribution in [0.2, 0.25) is 0 Å². The minimum atomic E-state index is -0.763. The molecule has 4 unspecified atom stereocenters. The third-order valence-corrected chi connectivity index (χ3v) is 8.29. The van der Waals surface area contributed by atoms with Crippen LogP contribution < -0.4 is 10.6 Å². The van der Waals surface area contributed by atoms with Crippen LogP contribution in [0.15, 0.2) is 42.6 Å². The van der Waals surface area contributed by atoms with E-state index in [1.165, 1.54) is 16.7 Å². The quantitative estimate of drug-likeness (QED) is 0.262. The molecule has 8 nitrogen and oxygen atoms in total. The summed E-state index contributed by atoms with van der Waals surface area (Å²) in [5.41, 5.74) is 6.43. The van der Waals surface area contributed by atoms with Crippen LogP contribution in [0.25, 0.3) is 20.8 Å². The van der Waals surface area contributed by atoms with Crippen LogP contribution in [0.1, 0.15) is 30.0 Å². The van der Waals surface area contributed by atoms with Crippen molar-refractivity contribution in [3.05, 3.63) is 59.3 Å². The van der Waals surface area contributed by atoms with Crippen molar-refractivity contribution in [1.29, 1.82) is 0 Å². The molecule has 1 fully saturated rings. The second-order valence-corrected chi connectivity index (χ2v) is 10.7. The topological polar surface area (TPSA) is 112 Å². The molecule has 0 aliphatic heterocycles. The first-order chi connectivity index (χ1) is 17.9. The molecular formula is C28H33N5O3S. The molecule has 4 N–H and O–H groups in total. The normalized spacial score (nSPS) is 21.5. The van der Waals surface area contributed by atoms with E-state index in [4.69, 9.17) is 14.7 Å². The molecule has 0 bridgehead atoms. The van der Waals surface area contributed by atoms with Crippen LogP contribution in [0.3, 0.4) is 0 Å². The Kier molecular flexibility index (Phi) is 7.39. The van der Waals surface area contributed by atoms with Gasteiger partial charge in [0, 0.05) is 31.5 Å². The second-order valence-electron chi connectivity index (χ2n) is 9.63. The number of aliphatic hydroxyl groups is 2. The van der Waals surface area contributed by atoms with E-state index in [1.54, 1.807) is 24.6 Å². The van der Waals surface area contributed by atoms with Gasteiger partial charge in [-0.25, -0.2) is 9.97 Å². The van der Waals surface area contributed by atoms with Gasteiger partial charge in [0.25, 0.3) is 0 Å². The summed E-state index contributed by atoms with van der Waals surface area (Å²) < 4.78 is 6.69. The number of hydrogen-bond donors (Lipinski definition) is 4. The first-order valence-corrected chi connectivity index (χ1v) is 13.4. The van der Waals surface area contributed by atoms with E-state index in [0.29, 0.717) is 18.2 Å². The number of fused-ring (bicyclic) bond motifs is 1. The average Bonchev–Trinajstić information content (AvgIpc) is 3.44. The van der Waals surface area contributed by atoms with E-state index in [1.807, 2.05) is 24.3 Å². The summed E-state index contributed by atoms with van der Waals surface area (Å²) in [5.74, 6) is 0.797. The fourth-order valence-corrected chi connectivity index (χ4v) is 6.33. The van der Waals surface area contributed by atoms with E-state index < -0.39 is 12.2 Å². The number of rotatable bonds is 8. The molecule has 1 aliphatic rings. The van der Waals surface area contributed by atoms with Gasteiger partial charge in [0.05, 0.1) is 27.9 Å². The zero-order valence-electron chi connectivity index (χ0n) is 21.5. The predicted molar refractivity (Wildman–Crippen MR) is 149 cm³/mol. The molecule has 194 valence electrons. The zero-order chi connectivity index (χ0) is 26.1. The highest BCUT2D eigenvalue weighted by molar-refractivity contribution is 7.21. The molecule has 5 rings (SSSR count). The lowest BCUT2D eigenvalue weighted by molar-refractivity contribution is -0.0200. The number of aliphatic hydroxyl groups excluding tert-OH is 2.